The van der Waals surface area contributed by atoms with Gasteiger partial charge in [0.05, 0.1) is 45.8 Å². The number of hydrogen-bond donors (Lipinski definition) is 2. The summed E-state index contributed by atoms with van der Waals surface area (Å²) in [6.45, 7) is 1.11. The van der Waals surface area contributed by atoms with Gasteiger partial charge in [0.15, 0.2) is 11.5 Å². The third-order valence-corrected chi connectivity index (χ3v) is 2.14. The number of non-ortho nitro benzene ring substituents is 1. The van der Waals surface area contributed by atoms with Crippen LogP contribution < -0.4 is 34.3 Å². The van der Waals surface area contributed by atoms with Crippen LogP contribution in [0.25, 0.3) is 0 Å². The number of likely N-dealkylation sites (N-methyl/N-ethyl adjacent to an activating group) is 1. The molecule has 0 radical (unpaired) electrons. The van der Waals surface area contributed by atoms with Crippen molar-refractivity contribution in [1.82, 2.24) is 0 Å². The maximum Gasteiger partial charge on any atom is 1.00 e. The molecule has 0 unspecified atom stereocenters. The monoisotopic (exact) mass is 333 g/mol. The minimum absolute atomic E-state index is 0. The predicted octanol–water partition coefficient (Wildman–Crippen LogP) is -1.47. The molecule has 0 aromatic heterocycles. The Morgan fingerprint density at radius 2 is 1.90 bits per heavy atom. The van der Waals surface area contributed by atoms with Gasteiger partial charge in [0.25, 0.3) is 5.69 Å². The number of nitrogens with zero attached hydrogens (tertiary/aromatic N) is 2. The molecule has 1 aromatic carbocycles. The van der Waals surface area contributed by atoms with Crippen molar-refractivity contribution in [2.45, 2.75) is 0 Å². The standard InChI is InChI=1S/C7H7NO4.C5H14NO.ClH.Na.H/c1-12-7-3-2-5(8(10)11)4-6(7)9;1-6(2,3)4-5-7;;;/h2-4,9H,1H3;7H,4-5H2,1-3H3;1H;;/q;+1;;+1;-1. The molecule has 0 amide bonds. The number of quaternary nitrogens is 1. The first-order valence-corrected chi connectivity index (χ1v) is 5.64. The SMILES string of the molecule is COc1ccc([N+](=O)[O-])cc1O.C[N+](C)(C)CCO.Cl.[H-].[Na+]. The number of hydrogen-bond acceptors (Lipinski definition) is 5. The Morgan fingerprint density at radius 3 is 2.14 bits per heavy atom. The summed E-state index contributed by atoms with van der Waals surface area (Å²) in [6, 6.07) is 3.64. The van der Waals surface area contributed by atoms with Crippen LogP contribution in [0.5, 0.6) is 11.5 Å². The van der Waals surface area contributed by atoms with Crippen molar-refractivity contribution in [3.63, 3.8) is 0 Å². The molecular weight excluding hydrogens is 311 g/mol. The molecule has 21 heavy (non-hydrogen) atoms. The molecule has 0 saturated carbocycles. The number of methoxy groups -OCH3 is 1. The molecule has 2 N–H and O–H groups in total. The number of aliphatic hydroxyl groups is 1. The first-order valence-electron chi connectivity index (χ1n) is 5.64. The van der Waals surface area contributed by atoms with E-state index in [1.807, 2.05) is 0 Å². The molecule has 0 spiro atoms. The van der Waals surface area contributed by atoms with Crippen molar-refractivity contribution in [2.24, 2.45) is 0 Å². The number of nitro groups is 1. The van der Waals surface area contributed by atoms with E-state index in [2.05, 4.69) is 21.1 Å². The molecule has 0 fully saturated rings. The number of aliphatic hydroxyl groups excluding tert-OH is 1. The van der Waals surface area contributed by atoms with Gasteiger partial charge in [-0.25, -0.2) is 0 Å². The quantitative estimate of drug-likeness (QED) is 0.304. The Hall–Kier alpha value is -0.570. The summed E-state index contributed by atoms with van der Waals surface area (Å²) >= 11 is 0. The summed E-state index contributed by atoms with van der Waals surface area (Å²) in [5, 5.41) is 27.7. The first kappa shape index (κ1) is 25.4. The average Bonchev–Trinajstić information content (AvgIpc) is 2.28. The molecule has 0 aliphatic rings. The van der Waals surface area contributed by atoms with E-state index in [0.29, 0.717) is 0 Å². The van der Waals surface area contributed by atoms with Crippen molar-refractivity contribution in [3.8, 4) is 11.5 Å². The van der Waals surface area contributed by atoms with Crippen LogP contribution in [0.2, 0.25) is 0 Å². The number of nitro benzene ring substituents is 1. The van der Waals surface area contributed by atoms with Crippen molar-refractivity contribution in [3.05, 3.63) is 28.3 Å². The number of halogens is 1. The van der Waals surface area contributed by atoms with Crippen LogP contribution in [0, 0.1) is 10.1 Å². The van der Waals surface area contributed by atoms with E-state index in [-0.39, 0.29) is 67.2 Å². The second-order valence-electron chi connectivity index (χ2n) is 4.85. The summed E-state index contributed by atoms with van der Waals surface area (Å²) in [5.74, 6) is -0.00713. The van der Waals surface area contributed by atoms with Gasteiger partial charge in [-0.3, -0.25) is 10.1 Å². The van der Waals surface area contributed by atoms with Gasteiger partial charge in [0.1, 0.15) is 6.54 Å². The zero-order valence-electron chi connectivity index (χ0n) is 14.1. The molecule has 1 aromatic rings. The fraction of sp³-hybridized carbons (Fsp3) is 0.500. The van der Waals surface area contributed by atoms with Gasteiger partial charge < -0.3 is 20.9 Å². The van der Waals surface area contributed by atoms with Crippen molar-refractivity contribution in [1.29, 1.82) is 0 Å². The predicted molar refractivity (Wildman–Crippen MR) is 79.7 cm³/mol. The molecule has 0 heterocycles. The Labute approximate surface area is 154 Å². The van der Waals surface area contributed by atoms with Gasteiger partial charge in [-0.2, -0.15) is 0 Å². The van der Waals surface area contributed by atoms with Crippen LogP contribution in [0.15, 0.2) is 18.2 Å². The van der Waals surface area contributed by atoms with Gasteiger partial charge in [0.2, 0.25) is 0 Å². The van der Waals surface area contributed by atoms with Gasteiger partial charge in [-0.15, -0.1) is 12.4 Å². The number of phenolic OH excluding ortho intramolecular Hbond substituents is 1. The molecule has 1 rings (SSSR count). The summed E-state index contributed by atoms with van der Waals surface area (Å²) in [5.41, 5.74) is -0.159. The molecule has 9 heteroatoms. The van der Waals surface area contributed by atoms with Crippen LogP contribution in [-0.2, 0) is 0 Å². The molecule has 0 atom stereocenters. The molecule has 0 saturated heterocycles. The number of phenols is 1. The summed E-state index contributed by atoms with van der Waals surface area (Å²) in [6.07, 6.45) is 0. The van der Waals surface area contributed by atoms with E-state index in [0.717, 1.165) is 17.1 Å². The van der Waals surface area contributed by atoms with Crippen LogP contribution in [0.4, 0.5) is 5.69 Å². The Kier molecular flexibility index (Phi) is 14.5. The number of benzene rings is 1. The normalized spacial score (nSPS) is 9.38. The van der Waals surface area contributed by atoms with Crippen molar-refractivity contribution < 1.29 is 55.3 Å². The fourth-order valence-corrected chi connectivity index (χ4v) is 1.09. The smallest absolute Gasteiger partial charge is 1.00 e. The van der Waals surface area contributed by atoms with Gasteiger partial charge >= 0.3 is 29.6 Å². The zero-order valence-corrected chi connectivity index (χ0v) is 15.9. The Bertz CT molecular complexity index is 432. The number of aromatic hydroxyl groups is 1. The topological polar surface area (TPSA) is 92.8 Å². The minimum Gasteiger partial charge on any atom is -1.00 e. The second-order valence-corrected chi connectivity index (χ2v) is 4.85. The molecule has 0 bridgehead atoms. The van der Waals surface area contributed by atoms with Gasteiger partial charge in [-0.1, -0.05) is 0 Å². The van der Waals surface area contributed by atoms with E-state index in [1.54, 1.807) is 0 Å². The molecular formula is C12H23ClN2NaO5+. The zero-order chi connectivity index (χ0) is 15.1. The molecule has 118 valence electrons. The maximum atomic E-state index is 10.2. The van der Waals surface area contributed by atoms with Crippen LogP contribution in [0.3, 0.4) is 0 Å². The van der Waals surface area contributed by atoms with Crippen molar-refractivity contribution in [2.75, 3.05) is 41.4 Å². The fourth-order valence-electron chi connectivity index (χ4n) is 1.09. The summed E-state index contributed by atoms with van der Waals surface area (Å²) < 4.78 is 5.55. The van der Waals surface area contributed by atoms with E-state index >= 15 is 0 Å². The average molecular weight is 334 g/mol. The Morgan fingerprint density at radius 1 is 1.38 bits per heavy atom. The Balaban J connectivity index is -0.000000144. The number of ether oxygens (including phenoxy) is 1. The van der Waals surface area contributed by atoms with Crippen LogP contribution >= 0.6 is 12.4 Å². The molecule has 7 nitrogen and oxygen atoms in total. The molecule has 0 aliphatic carbocycles. The number of rotatable bonds is 4. The first-order chi connectivity index (χ1) is 8.71. The van der Waals surface area contributed by atoms with E-state index in [4.69, 9.17) is 14.9 Å². The minimum atomic E-state index is -0.584. The second kappa shape index (κ2) is 12.0. The maximum absolute atomic E-state index is 10.2. The third kappa shape index (κ3) is 11.7. The van der Waals surface area contributed by atoms with E-state index < -0.39 is 4.92 Å². The van der Waals surface area contributed by atoms with E-state index in [9.17, 15) is 10.1 Å². The summed E-state index contributed by atoms with van der Waals surface area (Å²) in [7, 11) is 7.53. The molecule has 0 aliphatic heterocycles. The largest absolute Gasteiger partial charge is 1.00 e. The van der Waals surface area contributed by atoms with Gasteiger partial charge in [0, 0.05) is 6.07 Å². The third-order valence-electron chi connectivity index (χ3n) is 2.14. The van der Waals surface area contributed by atoms with Gasteiger partial charge in [-0.05, 0) is 6.07 Å². The summed E-state index contributed by atoms with van der Waals surface area (Å²) in [4.78, 5) is 9.62. The van der Waals surface area contributed by atoms with Crippen molar-refractivity contribution >= 4 is 18.1 Å². The van der Waals surface area contributed by atoms with Crippen LogP contribution in [0.1, 0.15) is 1.43 Å². The van der Waals surface area contributed by atoms with Crippen LogP contribution in [-0.4, -0.2) is 61.0 Å². The van der Waals surface area contributed by atoms with E-state index in [1.165, 1.54) is 19.2 Å².